The lowest BCUT2D eigenvalue weighted by Gasteiger charge is -2.34. The Hall–Kier alpha value is -2.59. The van der Waals surface area contributed by atoms with Crippen LogP contribution >= 0.6 is 0 Å². The smallest absolute Gasteiger partial charge is 0.252 e. The predicted molar refractivity (Wildman–Crippen MR) is 93.9 cm³/mol. The number of aliphatic hydroxyl groups is 1. The molecule has 4 nitrogen and oxygen atoms in total. The highest BCUT2D eigenvalue weighted by atomic mass is 16.3. The van der Waals surface area contributed by atoms with Crippen LogP contribution in [0.25, 0.3) is 10.9 Å². The maximum Gasteiger partial charge on any atom is 0.252 e. The van der Waals surface area contributed by atoms with Crippen LogP contribution in [0.4, 0.5) is 0 Å². The highest BCUT2D eigenvalue weighted by Gasteiger charge is 2.34. The van der Waals surface area contributed by atoms with Gasteiger partial charge < -0.3 is 15.4 Å². The summed E-state index contributed by atoms with van der Waals surface area (Å²) in [6.45, 7) is 0.226. The largest absolute Gasteiger partial charge is 0.383 e. The molecule has 0 radical (unpaired) electrons. The average molecular weight is 320 g/mol. The van der Waals surface area contributed by atoms with E-state index in [1.54, 1.807) is 0 Å². The van der Waals surface area contributed by atoms with Crippen LogP contribution < -0.4 is 5.32 Å². The van der Waals surface area contributed by atoms with Gasteiger partial charge in [0.2, 0.25) is 0 Å². The van der Waals surface area contributed by atoms with Crippen LogP contribution in [0.5, 0.6) is 0 Å². The molecule has 1 aliphatic rings. The summed E-state index contributed by atoms with van der Waals surface area (Å²) in [6, 6.07) is 15.5. The molecule has 2 aromatic carbocycles. The SMILES string of the molecule is O=C(NCC1(O)CCCc2ccccc21)c1cccc2[nH]ccc12. The average Bonchev–Trinajstić information content (AvgIpc) is 3.09. The summed E-state index contributed by atoms with van der Waals surface area (Å²) in [5.74, 6) is -0.156. The van der Waals surface area contributed by atoms with Gasteiger partial charge in [0, 0.05) is 22.7 Å². The fourth-order valence-corrected chi connectivity index (χ4v) is 3.69. The Labute approximate surface area is 140 Å². The summed E-state index contributed by atoms with van der Waals surface area (Å²) in [6.07, 6.45) is 4.40. The van der Waals surface area contributed by atoms with Crippen molar-refractivity contribution >= 4 is 16.8 Å². The summed E-state index contributed by atoms with van der Waals surface area (Å²) < 4.78 is 0. The molecule has 4 heteroatoms. The number of aryl methyl sites for hydroxylation is 1. The Morgan fingerprint density at radius 2 is 2.04 bits per heavy atom. The number of aromatic nitrogens is 1. The number of hydrogen-bond acceptors (Lipinski definition) is 2. The van der Waals surface area contributed by atoms with Crippen LogP contribution in [0, 0.1) is 0 Å². The summed E-state index contributed by atoms with van der Waals surface area (Å²) in [4.78, 5) is 15.7. The summed E-state index contributed by atoms with van der Waals surface area (Å²) in [7, 11) is 0. The molecule has 122 valence electrons. The first-order valence-corrected chi connectivity index (χ1v) is 8.32. The Morgan fingerprint density at radius 3 is 2.96 bits per heavy atom. The zero-order valence-electron chi connectivity index (χ0n) is 13.4. The van der Waals surface area contributed by atoms with Gasteiger partial charge in [-0.3, -0.25) is 4.79 Å². The van der Waals surface area contributed by atoms with Crippen LogP contribution in [0.2, 0.25) is 0 Å². The first-order valence-electron chi connectivity index (χ1n) is 8.32. The summed E-state index contributed by atoms with van der Waals surface area (Å²) >= 11 is 0. The molecular weight excluding hydrogens is 300 g/mol. The number of rotatable bonds is 3. The van der Waals surface area contributed by atoms with Crippen molar-refractivity contribution in [1.82, 2.24) is 10.3 Å². The highest BCUT2D eigenvalue weighted by molar-refractivity contribution is 6.06. The van der Waals surface area contributed by atoms with Gasteiger partial charge in [-0.1, -0.05) is 30.3 Å². The number of aromatic amines is 1. The molecule has 0 saturated heterocycles. The zero-order chi connectivity index (χ0) is 16.6. The predicted octanol–water partition coefficient (Wildman–Crippen LogP) is 3.12. The number of hydrogen-bond donors (Lipinski definition) is 3. The molecule has 3 N–H and O–H groups in total. The lowest BCUT2D eigenvalue weighted by molar-refractivity contribution is 0.0189. The Morgan fingerprint density at radius 1 is 1.17 bits per heavy atom. The van der Waals surface area contributed by atoms with Gasteiger partial charge >= 0.3 is 0 Å². The molecule has 1 atom stereocenters. The highest BCUT2D eigenvalue weighted by Crippen LogP contribution is 2.34. The van der Waals surface area contributed by atoms with Crippen molar-refractivity contribution in [3.8, 4) is 0 Å². The Kier molecular flexibility index (Phi) is 3.62. The molecule has 1 unspecified atom stereocenters. The molecule has 1 amide bonds. The first-order chi connectivity index (χ1) is 11.7. The molecule has 3 aromatic rings. The maximum atomic E-state index is 12.6. The van der Waals surface area contributed by atoms with Gasteiger partial charge in [0.05, 0.1) is 6.54 Å². The minimum absolute atomic E-state index is 0.156. The number of H-pyrrole nitrogens is 1. The van der Waals surface area contributed by atoms with E-state index in [9.17, 15) is 9.90 Å². The van der Waals surface area contributed by atoms with Gasteiger partial charge in [-0.2, -0.15) is 0 Å². The van der Waals surface area contributed by atoms with Crippen molar-refractivity contribution in [2.45, 2.75) is 24.9 Å². The van der Waals surface area contributed by atoms with Gasteiger partial charge in [-0.15, -0.1) is 0 Å². The number of benzene rings is 2. The monoisotopic (exact) mass is 320 g/mol. The topological polar surface area (TPSA) is 65.1 Å². The van der Waals surface area contributed by atoms with Gasteiger partial charge in [0.15, 0.2) is 0 Å². The fraction of sp³-hybridized carbons (Fsp3) is 0.250. The van der Waals surface area contributed by atoms with E-state index in [0.29, 0.717) is 12.0 Å². The second-order valence-electron chi connectivity index (χ2n) is 6.47. The Bertz CT molecular complexity index is 899. The lowest BCUT2D eigenvalue weighted by atomic mass is 9.79. The van der Waals surface area contributed by atoms with Gasteiger partial charge in [-0.25, -0.2) is 0 Å². The number of carbonyl (C=O) groups excluding carboxylic acids is 1. The minimum Gasteiger partial charge on any atom is -0.383 e. The number of carbonyl (C=O) groups is 1. The molecule has 4 rings (SSSR count). The third-order valence-electron chi connectivity index (χ3n) is 4.94. The molecular formula is C20H20N2O2. The maximum absolute atomic E-state index is 12.6. The van der Waals surface area contributed by atoms with Crippen molar-refractivity contribution < 1.29 is 9.90 Å². The molecule has 1 aromatic heterocycles. The van der Waals surface area contributed by atoms with Gasteiger partial charge in [0.1, 0.15) is 5.60 Å². The molecule has 0 fully saturated rings. The van der Waals surface area contributed by atoms with Crippen molar-refractivity contribution in [3.63, 3.8) is 0 Å². The van der Waals surface area contributed by atoms with E-state index >= 15 is 0 Å². The van der Waals surface area contributed by atoms with Crippen molar-refractivity contribution in [3.05, 3.63) is 71.4 Å². The summed E-state index contributed by atoms with van der Waals surface area (Å²) in [5, 5.41) is 14.9. The molecule has 0 aliphatic heterocycles. The van der Waals surface area contributed by atoms with Crippen molar-refractivity contribution in [1.29, 1.82) is 0 Å². The van der Waals surface area contributed by atoms with Crippen LogP contribution in [0.1, 0.15) is 34.3 Å². The minimum atomic E-state index is -0.990. The van der Waals surface area contributed by atoms with E-state index in [-0.39, 0.29) is 12.5 Å². The van der Waals surface area contributed by atoms with Crippen LogP contribution in [0.3, 0.4) is 0 Å². The van der Waals surface area contributed by atoms with Crippen LogP contribution in [-0.4, -0.2) is 22.5 Å². The summed E-state index contributed by atoms with van der Waals surface area (Å²) in [5.41, 5.74) is 2.69. The number of nitrogens with one attached hydrogen (secondary N) is 2. The molecule has 0 bridgehead atoms. The fourth-order valence-electron chi connectivity index (χ4n) is 3.69. The molecule has 0 spiro atoms. The third kappa shape index (κ3) is 2.49. The van der Waals surface area contributed by atoms with E-state index in [0.717, 1.165) is 29.3 Å². The molecule has 0 saturated carbocycles. The Balaban J connectivity index is 1.57. The molecule has 1 heterocycles. The van der Waals surface area contributed by atoms with Crippen LogP contribution in [-0.2, 0) is 12.0 Å². The van der Waals surface area contributed by atoms with Gasteiger partial charge in [0.25, 0.3) is 5.91 Å². The molecule has 1 aliphatic carbocycles. The van der Waals surface area contributed by atoms with Crippen molar-refractivity contribution in [2.75, 3.05) is 6.54 Å². The first kappa shape index (κ1) is 15.0. The van der Waals surface area contributed by atoms with E-state index in [4.69, 9.17) is 0 Å². The second-order valence-corrected chi connectivity index (χ2v) is 6.47. The lowest BCUT2D eigenvalue weighted by Crippen LogP contribution is -2.43. The van der Waals surface area contributed by atoms with Crippen LogP contribution in [0.15, 0.2) is 54.7 Å². The van der Waals surface area contributed by atoms with E-state index in [1.807, 2.05) is 48.7 Å². The van der Waals surface area contributed by atoms with E-state index in [2.05, 4.69) is 16.4 Å². The standard InChI is InChI=1S/C20H20N2O2/c23-19(16-7-3-9-18-15(16)10-12-21-18)22-13-20(24)11-4-6-14-5-1-2-8-17(14)20/h1-3,5,7-10,12,21,24H,4,6,11,13H2,(H,22,23). The van der Waals surface area contributed by atoms with Crippen molar-refractivity contribution in [2.24, 2.45) is 0 Å². The quantitative estimate of drug-likeness (QED) is 0.694. The zero-order valence-corrected chi connectivity index (χ0v) is 13.4. The number of fused-ring (bicyclic) bond motifs is 2. The number of amides is 1. The second kappa shape index (κ2) is 5.80. The van der Waals surface area contributed by atoms with E-state index in [1.165, 1.54) is 5.56 Å². The van der Waals surface area contributed by atoms with E-state index < -0.39 is 5.60 Å². The molecule has 24 heavy (non-hydrogen) atoms. The normalized spacial score (nSPS) is 19.9. The van der Waals surface area contributed by atoms with Gasteiger partial charge in [-0.05, 0) is 48.6 Å². The third-order valence-corrected chi connectivity index (χ3v) is 4.94.